The van der Waals surface area contributed by atoms with Crippen molar-refractivity contribution >= 4 is 22.3 Å². The molecule has 1 heterocycles. The quantitative estimate of drug-likeness (QED) is 0.622. The lowest BCUT2D eigenvalue weighted by atomic mass is 10.0. The van der Waals surface area contributed by atoms with Crippen molar-refractivity contribution in [2.45, 2.75) is 26.3 Å². The average molecular weight is 348 g/mol. The molecule has 0 saturated heterocycles. The summed E-state index contributed by atoms with van der Waals surface area (Å²) in [4.78, 5) is 9.31. The molecule has 0 radical (unpaired) electrons. The van der Waals surface area contributed by atoms with Gasteiger partial charge in [-0.25, -0.2) is 9.97 Å². The van der Waals surface area contributed by atoms with Crippen LogP contribution in [0.4, 0.5) is 5.82 Å². The smallest absolute Gasteiger partial charge is 0.165 e. The van der Waals surface area contributed by atoms with Crippen LogP contribution in [0.1, 0.15) is 25.8 Å². The number of nitrogens with one attached hydrogen (secondary N) is 1. The van der Waals surface area contributed by atoms with Gasteiger partial charge in [-0.15, -0.1) is 0 Å². The number of hydrogen-bond donors (Lipinski definition) is 3. The number of benzene rings is 2. The van der Waals surface area contributed by atoms with Gasteiger partial charge in [-0.1, -0.05) is 37.3 Å². The normalized spacial score (nSPS) is 12.1. The van der Waals surface area contributed by atoms with Crippen molar-refractivity contribution in [3.05, 3.63) is 54.6 Å². The van der Waals surface area contributed by atoms with Crippen LogP contribution in [0.3, 0.4) is 0 Å². The molecular weight excluding hydrogens is 324 g/mol. The third-order valence-corrected chi connectivity index (χ3v) is 4.39. The molecular formula is C21H24N4O. The molecule has 3 rings (SSSR count). The minimum atomic E-state index is 0.0484. The van der Waals surface area contributed by atoms with Crippen LogP contribution >= 0.6 is 0 Å². The fraction of sp³-hybridized carbons (Fsp3) is 0.238. The van der Waals surface area contributed by atoms with Gasteiger partial charge in [0.15, 0.2) is 5.82 Å². The van der Waals surface area contributed by atoms with Crippen molar-refractivity contribution in [2.24, 2.45) is 5.73 Å². The van der Waals surface area contributed by atoms with Gasteiger partial charge in [-0.2, -0.15) is 0 Å². The summed E-state index contributed by atoms with van der Waals surface area (Å²) in [6, 6.07) is 13.2. The predicted octanol–water partition coefficient (Wildman–Crippen LogP) is 4.18. The highest BCUT2D eigenvalue weighted by atomic mass is 16.3. The van der Waals surface area contributed by atoms with E-state index >= 15 is 0 Å². The molecule has 3 aromatic rings. The second-order valence-corrected chi connectivity index (χ2v) is 6.47. The van der Waals surface area contributed by atoms with Gasteiger partial charge < -0.3 is 16.2 Å². The van der Waals surface area contributed by atoms with Gasteiger partial charge in [-0.05, 0) is 43.2 Å². The van der Waals surface area contributed by atoms with Crippen LogP contribution in [-0.2, 0) is 0 Å². The first-order valence-corrected chi connectivity index (χ1v) is 8.75. The van der Waals surface area contributed by atoms with Gasteiger partial charge in [0.05, 0.1) is 11.1 Å². The molecule has 0 fully saturated rings. The van der Waals surface area contributed by atoms with E-state index in [1.165, 1.54) is 0 Å². The molecule has 1 atom stereocenters. The van der Waals surface area contributed by atoms with E-state index in [0.29, 0.717) is 17.9 Å². The zero-order valence-electron chi connectivity index (χ0n) is 15.2. The summed E-state index contributed by atoms with van der Waals surface area (Å²) in [5, 5.41) is 14.6. The lowest BCUT2D eigenvalue weighted by Gasteiger charge is -2.14. The Kier molecular flexibility index (Phi) is 5.19. The van der Waals surface area contributed by atoms with Crippen LogP contribution in [0, 0.1) is 0 Å². The van der Waals surface area contributed by atoms with Crippen molar-refractivity contribution in [1.29, 1.82) is 0 Å². The molecule has 2 aromatic carbocycles. The maximum Gasteiger partial charge on any atom is 0.165 e. The van der Waals surface area contributed by atoms with E-state index < -0.39 is 0 Å². The first-order chi connectivity index (χ1) is 12.5. The molecule has 0 aliphatic carbocycles. The number of aromatic hydroxyl groups is 1. The lowest BCUT2D eigenvalue weighted by Crippen LogP contribution is -2.28. The Morgan fingerprint density at radius 2 is 2.00 bits per heavy atom. The van der Waals surface area contributed by atoms with Gasteiger partial charge in [0.2, 0.25) is 0 Å². The fourth-order valence-electron chi connectivity index (χ4n) is 2.68. The molecule has 0 amide bonds. The third kappa shape index (κ3) is 3.68. The van der Waals surface area contributed by atoms with E-state index in [9.17, 15) is 5.11 Å². The zero-order valence-corrected chi connectivity index (χ0v) is 15.2. The van der Waals surface area contributed by atoms with Gasteiger partial charge >= 0.3 is 0 Å². The molecule has 5 heteroatoms. The summed E-state index contributed by atoms with van der Waals surface area (Å²) < 4.78 is 0. The number of phenols is 1. The molecule has 134 valence electrons. The number of aromatic nitrogens is 2. The van der Waals surface area contributed by atoms with Crippen molar-refractivity contribution in [2.75, 3.05) is 11.9 Å². The molecule has 0 aliphatic heterocycles. The SMILES string of the molecule is C=C(C)c1ccc(O)c(-c2nc(NCC(N)CC)c3ccccc3n2)c1. The van der Waals surface area contributed by atoms with E-state index in [2.05, 4.69) is 28.8 Å². The lowest BCUT2D eigenvalue weighted by molar-refractivity contribution is 0.477. The summed E-state index contributed by atoms with van der Waals surface area (Å²) in [6.07, 6.45) is 0.879. The van der Waals surface area contributed by atoms with Crippen LogP contribution in [0.5, 0.6) is 5.75 Å². The average Bonchev–Trinajstić information content (AvgIpc) is 2.65. The Bertz CT molecular complexity index is 952. The molecule has 4 N–H and O–H groups in total. The largest absolute Gasteiger partial charge is 0.507 e. The number of anilines is 1. The van der Waals surface area contributed by atoms with Gasteiger partial charge in [0, 0.05) is 18.0 Å². The van der Waals surface area contributed by atoms with E-state index in [1.807, 2.05) is 43.3 Å². The summed E-state index contributed by atoms with van der Waals surface area (Å²) in [5.41, 5.74) is 9.29. The molecule has 0 aliphatic rings. The fourth-order valence-corrected chi connectivity index (χ4v) is 2.68. The van der Waals surface area contributed by atoms with E-state index in [-0.39, 0.29) is 11.8 Å². The zero-order chi connectivity index (χ0) is 18.7. The van der Waals surface area contributed by atoms with E-state index in [0.717, 1.165) is 34.3 Å². The maximum atomic E-state index is 10.3. The number of phenolic OH excluding ortho intramolecular Hbond substituents is 1. The second kappa shape index (κ2) is 7.54. The Morgan fingerprint density at radius 1 is 1.23 bits per heavy atom. The summed E-state index contributed by atoms with van der Waals surface area (Å²) >= 11 is 0. The van der Waals surface area contributed by atoms with Crippen LogP contribution in [0.2, 0.25) is 0 Å². The first kappa shape index (κ1) is 17.9. The molecule has 0 saturated carbocycles. The number of nitrogens with two attached hydrogens (primary N) is 1. The van der Waals surface area contributed by atoms with Crippen molar-refractivity contribution in [1.82, 2.24) is 9.97 Å². The maximum absolute atomic E-state index is 10.3. The van der Waals surface area contributed by atoms with E-state index in [4.69, 9.17) is 5.73 Å². The number of allylic oxidation sites excluding steroid dienone is 1. The second-order valence-electron chi connectivity index (χ2n) is 6.47. The van der Waals surface area contributed by atoms with Crippen molar-refractivity contribution < 1.29 is 5.11 Å². The standard InChI is InChI=1S/C21H24N4O/c1-4-15(22)12-23-20-16-7-5-6-8-18(16)24-21(25-20)17-11-14(13(2)3)9-10-19(17)26/h5-11,15,26H,2,4,12,22H2,1,3H3,(H,23,24,25). The number of fused-ring (bicyclic) bond motifs is 1. The van der Waals surface area contributed by atoms with Gasteiger partial charge in [-0.3, -0.25) is 0 Å². The Labute approximate surface area is 153 Å². The number of hydrogen-bond acceptors (Lipinski definition) is 5. The number of nitrogens with zero attached hydrogens (tertiary/aromatic N) is 2. The predicted molar refractivity (Wildman–Crippen MR) is 108 cm³/mol. The molecule has 0 bridgehead atoms. The Morgan fingerprint density at radius 3 is 2.73 bits per heavy atom. The highest BCUT2D eigenvalue weighted by molar-refractivity contribution is 5.91. The summed E-state index contributed by atoms with van der Waals surface area (Å²) in [7, 11) is 0. The van der Waals surface area contributed by atoms with Crippen molar-refractivity contribution in [3.63, 3.8) is 0 Å². The van der Waals surface area contributed by atoms with Crippen LogP contribution in [0.15, 0.2) is 49.0 Å². The van der Waals surface area contributed by atoms with E-state index in [1.54, 1.807) is 6.07 Å². The molecule has 1 unspecified atom stereocenters. The van der Waals surface area contributed by atoms with Crippen LogP contribution < -0.4 is 11.1 Å². The third-order valence-electron chi connectivity index (χ3n) is 4.39. The van der Waals surface area contributed by atoms with Crippen molar-refractivity contribution in [3.8, 4) is 17.1 Å². The van der Waals surface area contributed by atoms with Crippen LogP contribution in [0.25, 0.3) is 27.9 Å². The first-order valence-electron chi connectivity index (χ1n) is 8.75. The number of rotatable bonds is 6. The molecule has 26 heavy (non-hydrogen) atoms. The molecule has 0 spiro atoms. The topological polar surface area (TPSA) is 84.1 Å². The summed E-state index contributed by atoms with van der Waals surface area (Å²) in [6.45, 7) is 8.57. The Hall–Kier alpha value is -2.92. The summed E-state index contributed by atoms with van der Waals surface area (Å²) in [5.74, 6) is 1.33. The molecule has 1 aromatic heterocycles. The minimum absolute atomic E-state index is 0.0484. The monoisotopic (exact) mass is 348 g/mol. The number of para-hydroxylation sites is 1. The van der Waals surface area contributed by atoms with Gasteiger partial charge in [0.1, 0.15) is 11.6 Å². The molecule has 5 nitrogen and oxygen atoms in total. The van der Waals surface area contributed by atoms with Gasteiger partial charge in [0.25, 0.3) is 0 Å². The highest BCUT2D eigenvalue weighted by Gasteiger charge is 2.14. The Balaban J connectivity index is 2.12. The minimum Gasteiger partial charge on any atom is -0.507 e. The van der Waals surface area contributed by atoms with Crippen LogP contribution in [-0.4, -0.2) is 27.7 Å². The highest BCUT2D eigenvalue weighted by Crippen LogP contribution is 2.32.